The Morgan fingerprint density at radius 2 is 2.00 bits per heavy atom. The van der Waals surface area contributed by atoms with Gasteiger partial charge in [0.25, 0.3) is 5.56 Å². The number of allylic oxidation sites excluding steroid dienone is 1. The first-order valence-corrected chi connectivity index (χ1v) is 13.1. The number of hydrogen-bond acceptors (Lipinski definition) is 9. The van der Waals surface area contributed by atoms with Crippen LogP contribution < -0.4 is 24.5 Å². The zero-order valence-corrected chi connectivity index (χ0v) is 22.2. The van der Waals surface area contributed by atoms with Gasteiger partial charge < -0.3 is 23.7 Å². The normalized spacial score (nSPS) is 18.5. The minimum Gasteiger partial charge on any atom is -0.497 e. The van der Waals surface area contributed by atoms with Crippen molar-refractivity contribution in [1.82, 2.24) is 9.47 Å². The number of likely N-dealkylation sites (N-methyl/N-ethyl adjacent to an activating group) is 1. The molecule has 5 rings (SSSR count). The number of carbonyl (C=O) groups excluding carboxylic acids is 1. The fourth-order valence-corrected chi connectivity index (χ4v) is 5.69. The molecule has 1 aromatic carbocycles. The van der Waals surface area contributed by atoms with E-state index in [1.165, 1.54) is 11.3 Å². The second-order valence-electron chi connectivity index (χ2n) is 9.05. The molecule has 0 saturated carbocycles. The smallest absolute Gasteiger partial charge is 0.338 e. The molecule has 1 fully saturated rings. The molecule has 9 nitrogen and oxygen atoms in total. The van der Waals surface area contributed by atoms with Crippen molar-refractivity contribution in [3.63, 3.8) is 0 Å². The maximum atomic E-state index is 13.8. The summed E-state index contributed by atoms with van der Waals surface area (Å²) < 4.78 is 18.9. The van der Waals surface area contributed by atoms with Gasteiger partial charge in [0.15, 0.2) is 10.7 Å². The summed E-state index contributed by atoms with van der Waals surface area (Å²) in [5.41, 5.74) is 1.35. The Kier molecular flexibility index (Phi) is 7.03. The summed E-state index contributed by atoms with van der Waals surface area (Å²) in [6, 6.07) is 10.5. The van der Waals surface area contributed by atoms with Crippen LogP contribution in [0, 0.1) is 0 Å². The molecule has 1 saturated heterocycles. The average Bonchev–Trinajstić information content (AvgIpc) is 3.48. The van der Waals surface area contributed by atoms with Crippen molar-refractivity contribution in [2.45, 2.75) is 19.9 Å². The summed E-state index contributed by atoms with van der Waals surface area (Å²) >= 11 is 1.27. The van der Waals surface area contributed by atoms with Crippen LogP contribution in [0.5, 0.6) is 5.75 Å². The number of hydrogen-bond donors (Lipinski definition) is 0. The number of methoxy groups -OCH3 is 1. The molecule has 194 valence electrons. The summed E-state index contributed by atoms with van der Waals surface area (Å²) in [6.07, 6.45) is 1.75. The van der Waals surface area contributed by atoms with E-state index in [4.69, 9.17) is 13.9 Å². The van der Waals surface area contributed by atoms with E-state index in [1.807, 2.05) is 36.4 Å². The third-order valence-corrected chi connectivity index (χ3v) is 7.61. The molecule has 0 spiro atoms. The van der Waals surface area contributed by atoms with Gasteiger partial charge in [0.2, 0.25) is 0 Å². The number of aromatic nitrogens is 1. The van der Waals surface area contributed by atoms with Gasteiger partial charge in [-0.3, -0.25) is 9.36 Å². The van der Waals surface area contributed by atoms with E-state index in [-0.39, 0.29) is 12.2 Å². The van der Waals surface area contributed by atoms with Crippen molar-refractivity contribution in [3.8, 4) is 5.75 Å². The molecule has 0 unspecified atom stereocenters. The van der Waals surface area contributed by atoms with E-state index in [0.717, 1.165) is 37.6 Å². The lowest BCUT2D eigenvalue weighted by Gasteiger charge is -2.32. The number of anilines is 1. The zero-order chi connectivity index (χ0) is 26.1. The van der Waals surface area contributed by atoms with Gasteiger partial charge in [0.05, 0.1) is 35.6 Å². The van der Waals surface area contributed by atoms with Gasteiger partial charge in [-0.25, -0.2) is 9.79 Å². The number of esters is 1. The van der Waals surface area contributed by atoms with E-state index in [0.29, 0.717) is 32.1 Å². The SMILES string of the molecule is CCOC(=O)C1=C(C)N=c2sc(=Cc3ccc(N4CCN(C)CC4)o3)c(=O)n2[C@@H]1c1cccc(OC)c1. The molecule has 1 atom stereocenters. The highest BCUT2D eigenvalue weighted by atomic mass is 32.1. The number of piperazine rings is 1. The van der Waals surface area contributed by atoms with Gasteiger partial charge in [-0.05, 0) is 44.7 Å². The summed E-state index contributed by atoms with van der Waals surface area (Å²) in [5, 5.41) is 0. The summed E-state index contributed by atoms with van der Waals surface area (Å²) in [5.74, 6) is 1.53. The largest absolute Gasteiger partial charge is 0.497 e. The molecule has 0 bridgehead atoms. The molecule has 4 heterocycles. The molecule has 10 heteroatoms. The molecular weight excluding hydrogens is 492 g/mol. The van der Waals surface area contributed by atoms with E-state index < -0.39 is 12.0 Å². The zero-order valence-electron chi connectivity index (χ0n) is 21.4. The quantitative estimate of drug-likeness (QED) is 0.459. The first-order chi connectivity index (χ1) is 17.9. The molecule has 2 aliphatic heterocycles. The van der Waals surface area contributed by atoms with Crippen LogP contribution in [0.15, 0.2) is 61.9 Å². The van der Waals surface area contributed by atoms with Crippen LogP contribution >= 0.6 is 11.3 Å². The van der Waals surface area contributed by atoms with Gasteiger partial charge in [-0.2, -0.15) is 0 Å². The van der Waals surface area contributed by atoms with Crippen LogP contribution in [0.1, 0.15) is 31.2 Å². The van der Waals surface area contributed by atoms with Gasteiger partial charge >= 0.3 is 5.97 Å². The molecule has 0 amide bonds. The van der Waals surface area contributed by atoms with Crippen LogP contribution in [-0.2, 0) is 9.53 Å². The van der Waals surface area contributed by atoms with Crippen LogP contribution in [-0.4, -0.2) is 62.4 Å². The Morgan fingerprint density at radius 1 is 1.22 bits per heavy atom. The molecule has 2 aromatic heterocycles. The predicted molar refractivity (Wildman–Crippen MR) is 142 cm³/mol. The number of thiazole rings is 1. The van der Waals surface area contributed by atoms with Crippen molar-refractivity contribution < 1.29 is 18.7 Å². The van der Waals surface area contributed by atoms with E-state index in [9.17, 15) is 9.59 Å². The number of fused-ring (bicyclic) bond motifs is 1. The lowest BCUT2D eigenvalue weighted by Crippen LogP contribution is -2.44. The second-order valence-corrected chi connectivity index (χ2v) is 10.1. The fourth-order valence-electron chi connectivity index (χ4n) is 4.66. The van der Waals surface area contributed by atoms with E-state index in [2.05, 4.69) is 21.8 Å². The number of ether oxygens (including phenoxy) is 2. The third kappa shape index (κ3) is 4.86. The number of nitrogens with zero attached hydrogens (tertiary/aromatic N) is 4. The highest BCUT2D eigenvalue weighted by Gasteiger charge is 2.33. The Balaban J connectivity index is 1.59. The Hall–Kier alpha value is -3.63. The van der Waals surface area contributed by atoms with Crippen molar-refractivity contribution in [1.29, 1.82) is 0 Å². The Labute approximate surface area is 218 Å². The number of benzene rings is 1. The molecule has 3 aromatic rings. The van der Waals surface area contributed by atoms with Gasteiger partial charge in [-0.1, -0.05) is 23.5 Å². The van der Waals surface area contributed by atoms with Crippen molar-refractivity contribution in [3.05, 3.63) is 78.7 Å². The maximum absolute atomic E-state index is 13.8. The van der Waals surface area contributed by atoms with E-state index >= 15 is 0 Å². The minimum atomic E-state index is -0.690. The van der Waals surface area contributed by atoms with Crippen LogP contribution in [0.3, 0.4) is 0 Å². The van der Waals surface area contributed by atoms with E-state index in [1.54, 1.807) is 31.6 Å². The minimum absolute atomic E-state index is 0.221. The summed E-state index contributed by atoms with van der Waals surface area (Å²) in [7, 11) is 3.69. The first-order valence-electron chi connectivity index (χ1n) is 12.3. The average molecular weight is 523 g/mol. The number of rotatable bonds is 6. The van der Waals surface area contributed by atoms with Crippen LogP contribution in [0.4, 0.5) is 5.88 Å². The van der Waals surface area contributed by atoms with Crippen molar-refractivity contribution in [2.75, 3.05) is 51.8 Å². The number of carbonyl (C=O) groups is 1. The van der Waals surface area contributed by atoms with Crippen LogP contribution in [0.2, 0.25) is 0 Å². The standard InChI is InChI=1S/C27H30N4O5S/c1-5-35-26(33)23-17(2)28-27-31(24(23)18-7-6-8-19(15-18)34-4)25(32)21(37-27)16-20-9-10-22(36-20)30-13-11-29(3)12-14-30/h6-10,15-16,24H,5,11-14H2,1-4H3/t24-/m1/s1. The third-order valence-electron chi connectivity index (χ3n) is 6.63. The molecule has 2 aliphatic rings. The number of furan rings is 1. The topological polar surface area (TPSA) is 89.5 Å². The van der Waals surface area contributed by atoms with Crippen molar-refractivity contribution >= 4 is 29.3 Å². The first kappa shape index (κ1) is 25.0. The molecule has 0 N–H and O–H groups in total. The highest BCUT2D eigenvalue weighted by Crippen LogP contribution is 2.32. The molecule has 0 aliphatic carbocycles. The molecule has 0 radical (unpaired) electrons. The Bertz CT molecular complexity index is 1520. The molecule has 37 heavy (non-hydrogen) atoms. The summed E-state index contributed by atoms with van der Waals surface area (Å²) in [6.45, 7) is 7.47. The second kappa shape index (κ2) is 10.4. The lowest BCUT2D eigenvalue weighted by molar-refractivity contribution is -0.139. The fraction of sp³-hybridized carbons (Fsp3) is 0.370. The van der Waals surface area contributed by atoms with Crippen LogP contribution in [0.25, 0.3) is 6.08 Å². The van der Waals surface area contributed by atoms with Gasteiger partial charge in [0, 0.05) is 38.3 Å². The predicted octanol–water partition coefficient (Wildman–Crippen LogP) is 2.15. The van der Waals surface area contributed by atoms with Gasteiger partial charge in [-0.15, -0.1) is 0 Å². The maximum Gasteiger partial charge on any atom is 0.338 e. The Morgan fingerprint density at radius 3 is 2.73 bits per heavy atom. The monoisotopic (exact) mass is 522 g/mol. The molecular formula is C27H30N4O5S. The lowest BCUT2D eigenvalue weighted by atomic mass is 9.95. The van der Waals surface area contributed by atoms with Crippen molar-refractivity contribution in [2.24, 2.45) is 4.99 Å². The highest BCUT2D eigenvalue weighted by molar-refractivity contribution is 7.07. The summed E-state index contributed by atoms with van der Waals surface area (Å²) in [4.78, 5) is 36.4. The van der Waals surface area contributed by atoms with Gasteiger partial charge in [0.1, 0.15) is 11.5 Å².